The average molecular weight is 824 g/mol. The van der Waals surface area contributed by atoms with Crippen molar-refractivity contribution in [3.05, 3.63) is 202 Å². The predicted molar refractivity (Wildman–Crippen MR) is 266 cm³/mol. The summed E-state index contributed by atoms with van der Waals surface area (Å²) in [7, 11) is 0. The van der Waals surface area contributed by atoms with Crippen LogP contribution in [-0.2, 0) is 21.7 Å². The Labute approximate surface area is 371 Å². The Morgan fingerprint density at radius 1 is 0.361 bits per heavy atom. The Morgan fingerprint density at radius 2 is 0.820 bits per heavy atom. The van der Waals surface area contributed by atoms with Crippen molar-refractivity contribution in [2.24, 2.45) is 0 Å². The van der Waals surface area contributed by atoms with E-state index in [9.17, 15) is 0 Å². The van der Waals surface area contributed by atoms with Gasteiger partial charge in [-0.05, 0) is 123 Å². The molecule has 7 rings (SSSR count). The molecule has 0 bridgehead atoms. The number of anilines is 6. The van der Waals surface area contributed by atoms with Crippen molar-refractivity contribution in [3.63, 3.8) is 0 Å². The summed E-state index contributed by atoms with van der Waals surface area (Å²) in [5.74, 6) is 0. The monoisotopic (exact) mass is 822 g/mol. The minimum Gasteiger partial charge on any atom is -0.309 e. The first-order valence-electron chi connectivity index (χ1n) is 21.7. The molecule has 0 aliphatic rings. The van der Waals surface area contributed by atoms with E-state index >= 15 is 0 Å². The fraction of sp³-hybridized carbons (Fsp3) is 0.276. The molecule has 3 heteroatoms. The summed E-state index contributed by atoms with van der Waals surface area (Å²) in [6, 6.07) is 60.0. The van der Waals surface area contributed by atoms with E-state index in [1.54, 1.807) is 0 Å². The second-order valence-electron chi connectivity index (χ2n) is 20.3. The van der Waals surface area contributed by atoms with Gasteiger partial charge >= 0.3 is 0 Å². The van der Waals surface area contributed by atoms with E-state index in [1.165, 1.54) is 27.8 Å². The SMILES string of the molecule is Cc1cc(N(c2ccc(C(C)(C)C)cc2)c2ccc(C(C)(C)C)cc2)c(Cl)c(N(c2cccc(C(C)(C)C)c2)c2ccc(C(C)(C)c3ccccc3)cc2-c2ccccc2)c1. The van der Waals surface area contributed by atoms with Gasteiger partial charge in [-0.2, -0.15) is 0 Å². The van der Waals surface area contributed by atoms with Crippen molar-refractivity contribution < 1.29 is 0 Å². The summed E-state index contributed by atoms with van der Waals surface area (Å²) in [6.07, 6.45) is 0. The Bertz CT molecular complexity index is 2540. The molecule has 0 saturated heterocycles. The maximum absolute atomic E-state index is 8.01. The highest BCUT2D eigenvalue weighted by Gasteiger charge is 2.29. The molecule has 0 fully saturated rings. The zero-order valence-corrected chi connectivity index (χ0v) is 39.1. The predicted octanol–water partition coefficient (Wildman–Crippen LogP) is 17.5. The first kappa shape index (κ1) is 43.5. The van der Waals surface area contributed by atoms with Crippen LogP contribution in [0, 0.1) is 6.92 Å². The summed E-state index contributed by atoms with van der Waals surface area (Å²) in [4.78, 5) is 4.71. The molecule has 7 aromatic rings. The van der Waals surface area contributed by atoms with Gasteiger partial charge in [0.25, 0.3) is 0 Å². The normalized spacial score (nSPS) is 12.3. The fourth-order valence-corrected chi connectivity index (χ4v) is 8.49. The molecule has 0 spiro atoms. The van der Waals surface area contributed by atoms with Crippen molar-refractivity contribution in [2.75, 3.05) is 9.80 Å². The minimum atomic E-state index is -0.236. The maximum Gasteiger partial charge on any atom is 0.0887 e. The van der Waals surface area contributed by atoms with E-state index in [2.05, 4.69) is 257 Å². The molecular weight excluding hydrogens is 760 g/mol. The van der Waals surface area contributed by atoms with Crippen molar-refractivity contribution in [2.45, 2.75) is 105 Å². The largest absolute Gasteiger partial charge is 0.309 e. The van der Waals surface area contributed by atoms with Crippen LogP contribution in [0.1, 0.15) is 110 Å². The molecule has 312 valence electrons. The second-order valence-corrected chi connectivity index (χ2v) is 20.6. The summed E-state index contributed by atoms with van der Waals surface area (Å²) >= 11 is 8.01. The lowest BCUT2D eigenvalue weighted by Gasteiger charge is -2.34. The topological polar surface area (TPSA) is 6.48 Å². The molecule has 0 amide bonds. The minimum absolute atomic E-state index is 0.0241. The molecular formula is C58H63ClN2. The molecule has 0 unspecified atom stereocenters. The van der Waals surface area contributed by atoms with Crippen LogP contribution in [0.25, 0.3) is 11.1 Å². The van der Waals surface area contributed by atoms with Crippen molar-refractivity contribution in [3.8, 4) is 11.1 Å². The summed E-state index contributed by atoms with van der Waals surface area (Å²) in [5.41, 5.74) is 15.5. The lowest BCUT2D eigenvalue weighted by atomic mass is 9.77. The number of hydrogen-bond acceptors (Lipinski definition) is 2. The Hall–Kier alpha value is -5.57. The highest BCUT2D eigenvalue weighted by Crippen LogP contribution is 2.51. The molecule has 0 aromatic heterocycles. The highest BCUT2D eigenvalue weighted by molar-refractivity contribution is 6.37. The van der Waals surface area contributed by atoms with Crippen LogP contribution in [0.5, 0.6) is 0 Å². The molecule has 0 N–H and O–H groups in total. The molecule has 0 radical (unpaired) electrons. The van der Waals surface area contributed by atoms with E-state index in [-0.39, 0.29) is 21.7 Å². The van der Waals surface area contributed by atoms with Crippen LogP contribution in [0.4, 0.5) is 34.1 Å². The van der Waals surface area contributed by atoms with Crippen molar-refractivity contribution in [1.82, 2.24) is 0 Å². The van der Waals surface area contributed by atoms with Gasteiger partial charge < -0.3 is 9.80 Å². The van der Waals surface area contributed by atoms with E-state index in [1.807, 2.05) is 0 Å². The molecule has 0 aliphatic carbocycles. The van der Waals surface area contributed by atoms with Gasteiger partial charge in [0.05, 0.1) is 22.1 Å². The molecule has 61 heavy (non-hydrogen) atoms. The van der Waals surface area contributed by atoms with Crippen LogP contribution in [0.2, 0.25) is 5.02 Å². The lowest BCUT2D eigenvalue weighted by molar-refractivity contribution is 0.590. The molecule has 0 saturated carbocycles. The first-order chi connectivity index (χ1) is 28.7. The second kappa shape index (κ2) is 16.7. The quantitative estimate of drug-likeness (QED) is 0.143. The standard InChI is InChI=1S/C58H63ClN2/c1-40-36-52(60(47-31-26-42(27-32-47)55(2,3)4)48-33-28-43(29-34-48)56(5,6)7)54(59)53(37-40)61(49-25-19-24-45(38-49)57(8,9)10)51-35-30-46(39-50(51)41-20-15-13-16-21-41)58(11,12)44-22-17-14-18-23-44/h13-39H,1-12H3. The summed E-state index contributed by atoms with van der Waals surface area (Å²) < 4.78 is 0. The molecule has 0 atom stereocenters. The Balaban J connectivity index is 1.51. The fourth-order valence-electron chi connectivity index (χ4n) is 8.21. The average Bonchev–Trinajstić information content (AvgIpc) is 3.23. The molecule has 2 nitrogen and oxygen atoms in total. The van der Waals surface area contributed by atoms with Gasteiger partial charge in [-0.25, -0.2) is 0 Å². The molecule has 7 aromatic carbocycles. The third kappa shape index (κ3) is 9.21. The van der Waals surface area contributed by atoms with E-state index in [0.29, 0.717) is 5.02 Å². The van der Waals surface area contributed by atoms with Crippen LogP contribution >= 0.6 is 11.6 Å². The van der Waals surface area contributed by atoms with Crippen LogP contribution in [0.3, 0.4) is 0 Å². The van der Waals surface area contributed by atoms with Gasteiger partial charge in [-0.3, -0.25) is 0 Å². The Kier molecular flexibility index (Phi) is 11.9. The van der Waals surface area contributed by atoms with Gasteiger partial charge in [0.2, 0.25) is 0 Å². The number of aryl methyl sites for hydroxylation is 1. The van der Waals surface area contributed by atoms with Crippen LogP contribution in [0.15, 0.2) is 164 Å². The maximum atomic E-state index is 8.01. The van der Waals surface area contributed by atoms with Crippen molar-refractivity contribution >= 4 is 45.7 Å². The zero-order valence-electron chi connectivity index (χ0n) is 38.4. The smallest absolute Gasteiger partial charge is 0.0887 e. The van der Waals surface area contributed by atoms with Crippen LogP contribution < -0.4 is 9.80 Å². The number of halogens is 1. The first-order valence-corrected chi connectivity index (χ1v) is 22.1. The van der Waals surface area contributed by atoms with Gasteiger partial charge in [0.15, 0.2) is 0 Å². The van der Waals surface area contributed by atoms with Gasteiger partial charge in [-0.15, -0.1) is 0 Å². The summed E-state index contributed by atoms with van der Waals surface area (Å²) in [5, 5.41) is 0.666. The van der Waals surface area contributed by atoms with Crippen LogP contribution in [-0.4, -0.2) is 0 Å². The highest BCUT2D eigenvalue weighted by atomic mass is 35.5. The van der Waals surface area contributed by atoms with E-state index in [0.717, 1.165) is 50.8 Å². The third-order valence-corrected chi connectivity index (χ3v) is 12.5. The number of rotatable bonds is 9. The molecule has 0 aliphatic heterocycles. The zero-order chi connectivity index (χ0) is 43.9. The summed E-state index contributed by atoms with van der Waals surface area (Å²) in [6.45, 7) is 27.2. The lowest BCUT2D eigenvalue weighted by Crippen LogP contribution is -2.20. The number of benzene rings is 7. The molecule has 0 heterocycles. The number of nitrogens with zero attached hydrogens (tertiary/aromatic N) is 2. The third-order valence-electron chi connectivity index (χ3n) is 12.2. The Morgan fingerprint density at radius 3 is 1.33 bits per heavy atom. The van der Waals surface area contributed by atoms with Gasteiger partial charge in [0.1, 0.15) is 0 Å². The van der Waals surface area contributed by atoms with Gasteiger partial charge in [0, 0.05) is 28.0 Å². The van der Waals surface area contributed by atoms with Crippen molar-refractivity contribution in [1.29, 1.82) is 0 Å². The number of hydrogen-bond donors (Lipinski definition) is 0. The van der Waals surface area contributed by atoms with Gasteiger partial charge in [-0.1, -0.05) is 191 Å². The van der Waals surface area contributed by atoms with E-state index < -0.39 is 0 Å². The van der Waals surface area contributed by atoms with E-state index in [4.69, 9.17) is 11.6 Å².